The van der Waals surface area contributed by atoms with E-state index in [1.165, 1.54) is 0 Å². The van der Waals surface area contributed by atoms with E-state index in [1.54, 1.807) is 0 Å². The molecule has 0 saturated carbocycles. The Labute approximate surface area is 128 Å². The van der Waals surface area contributed by atoms with Crippen LogP contribution in [0, 0.1) is 0 Å². The van der Waals surface area contributed by atoms with Gasteiger partial charge in [0.05, 0.1) is 13.2 Å². The first-order chi connectivity index (χ1) is 9.16. The van der Waals surface area contributed by atoms with Gasteiger partial charge in [-0.25, -0.2) is 4.57 Å². The van der Waals surface area contributed by atoms with Crippen LogP contribution in [0.3, 0.4) is 0 Å². The Morgan fingerprint density at radius 1 is 0.800 bits per heavy atom. The summed E-state index contributed by atoms with van der Waals surface area (Å²) < 4.78 is 21.5. The molecule has 0 heterocycles. The summed E-state index contributed by atoms with van der Waals surface area (Å²) in [7, 11) is -4.02. The summed E-state index contributed by atoms with van der Waals surface area (Å²) in [6.45, 7) is 0.0901. The predicted molar refractivity (Wildman–Crippen MR) is 72.3 cm³/mol. The van der Waals surface area contributed by atoms with Gasteiger partial charge in [0.15, 0.2) is 0 Å². The van der Waals surface area contributed by atoms with Crippen LogP contribution in [-0.2, 0) is 43.3 Å². The van der Waals surface area contributed by atoms with Crippen LogP contribution in [-0.4, -0.2) is 4.89 Å². The molecule has 110 valence electrons. The molecule has 6 heteroatoms. The molecule has 0 spiro atoms. The summed E-state index contributed by atoms with van der Waals surface area (Å²) in [6.07, 6.45) is 0. The molecule has 0 aliphatic heterocycles. The second-order valence-corrected chi connectivity index (χ2v) is 5.44. The maximum Gasteiger partial charge on any atom is 0.472 e. The molecule has 0 radical (unpaired) electrons. The minimum atomic E-state index is -4.02. The van der Waals surface area contributed by atoms with Gasteiger partial charge in [-0.1, -0.05) is 60.7 Å². The van der Waals surface area contributed by atoms with Crippen molar-refractivity contribution in [2.24, 2.45) is 0 Å². The Kier molecular flexibility index (Phi) is 7.14. The van der Waals surface area contributed by atoms with Crippen LogP contribution in [0.2, 0.25) is 0 Å². The molecule has 0 unspecified atom stereocenters. The van der Waals surface area contributed by atoms with E-state index in [0.29, 0.717) is 0 Å². The zero-order valence-corrected chi connectivity index (χ0v) is 12.5. The number of rotatable bonds is 6. The van der Waals surface area contributed by atoms with Crippen molar-refractivity contribution in [1.29, 1.82) is 0 Å². The molecular formula is C14H15NiO4P. The SMILES string of the molecule is O=P(O)(OCc1ccccc1)OCc1ccccc1.[Ni]. The van der Waals surface area contributed by atoms with Crippen LogP contribution in [0.4, 0.5) is 0 Å². The van der Waals surface area contributed by atoms with E-state index in [2.05, 4.69) is 0 Å². The number of phosphoric acid groups is 1. The number of benzene rings is 2. The minimum absolute atomic E-state index is 0. The van der Waals surface area contributed by atoms with Crippen molar-refractivity contribution in [2.45, 2.75) is 13.2 Å². The zero-order chi connectivity index (χ0) is 13.6. The largest absolute Gasteiger partial charge is 0.472 e. The summed E-state index contributed by atoms with van der Waals surface area (Å²) in [5.74, 6) is 0. The van der Waals surface area contributed by atoms with Crippen molar-refractivity contribution >= 4 is 7.82 Å². The van der Waals surface area contributed by atoms with E-state index >= 15 is 0 Å². The van der Waals surface area contributed by atoms with Crippen molar-refractivity contribution in [3.8, 4) is 0 Å². The first kappa shape index (κ1) is 17.1. The van der Waals surface area contributed by atoms with Crippen LogP contribution in [0.1, 0.15) is 11.1 Å². The first-order valence-corrected chi connectivity index (χ1v) is 7.35. The fourth-order valence-electron chi connectivity index (χ4n) is 1.50. The molecule has 0 amide bonds. The Balaban J connectivity index is 0.00000200. The second kappa shape index (κ2) is 8.36. The molecule has 0 saturated heterocycles. The molecule has 20 heavy (non-hydrogen) atoms. The van der Waals surface area contributed by atoms with Crippen molar-refractivity contribution in [2.75, 3.05) is 0 Å². The third-order valence-electron chi connectivity index (χ3n) is 2.47. The van der Waals surface area contributed by atoms with Gasteiger partial charge in [0.25, 0.3) is 0 Å². The predicted octanol–water partition coefficient (Wildman–Crippen LogP) is 3.52. The van der Waals surface area contributed by atoms with Gasteiger partial charge in [0.2, 0.25) is 0 Å². The Hall–Kier alpha value is -0.956. The van der Waals surface area contributed by atoms with Crippen molar-refractivity contribution in [1.82, 2.24) is 0 Å². The molecule has 4 nitrogen and oxygen atoms in total. The summed E-state index contributed by atoms with van der Waals surface area (Å²) in [5.41, 5.74) is 1.64. The zero-order valence-electron chi connectivity index (χ0n) is 10.6. The molecule has 2 aromatic rings. The normalized spacial score (nSPS) is 10.8. The Morgan fingerprint density at radius 3 is 1.50 bits per heavy atom. The third-order valence-corrected chi connectivity index (χ3v) is 3.39. The molecule has 0 aliphatic rings. The van der Waals surface area contributed by atoms with E-state index in [0.717, 1.165) is 11.1 Å². The van der Waals surface area contributed by atoms with Gasteiger partial charge >= 0.3 is 7.82 Å². The van der Waals surface area contributed by atoms with E-state index in [4.69, 9.17) is 9.05 Å². The molecule has 0 bridgehead atoms. The summed E-state index contributed by atoms with van der Waals surface area (Å²) in [5, 5.41) is 0. The van der Waals surface area contributed by atoms with E-state index in [-0.39, 0.29) is 29.7 Å². The number of hydrogen-bond acceptors (Lipinski definition) is 3. The standard InChI is InChI=1S/C14H15O4P.Ni/c15-19(16,17-11-13-7-3-1-4-8-13)18-12-14-9-5-2-6-10-14;/h1-10H,11-12H2,(H,15,16);. The number of hydrogen-bond donors (Lipinski definition) is 1. The first-order valence-electron chi connectivity index (χ1n) is 5.85. The number of phosphoric ester groups is 1. The maximum atomic E-state index is 11.7. The van der Waals surface area contributed by atoms with Crippen LogP contribution in [0.15, 0.2) is 60.7 Å². The van der Waals surface area contributed by atoms with Gasteiger partial charge in [-0.15, -0.1) is 0 Å². The van der Waals surface area contributed by atoms with Crippen LogP contribution >= 0.6 is 7.82 Å². The molecule has 1 N–H and O–H groups in total. The van der Waals surface area contributed by atoms with E-state index in [9.17, 15) is 9.46 Å². The molecular weight excluding hydrogens is 322 g/mol. The van der Waals surface area contributed by atoms with Gasteiger partial charge < -0.3 is 4.89 Å². The molecule has 0 atom stereocenters. The third kappa shape index (κ3) is 6.00. The van der Waals surface area contributed by atoms with Gasteiger partial charge in [0.1, 0.15) is 0 Å². The average molecular weight is 337 g/mol. The molecule has 0 aliphatic carbocycles. The van der Waals surface area contributed by atoms with Gasteiger partial charge in [-0.05, 0) is 11.1 Å². The van der Waals surface area contributed by atoms with Crippen molar-refractivity contribution < 1.29 is 35.0 Å². The quantitative estimate of drug-likeness (QED) is 0.647. The van der Waals surface area contributed by atoms with Crippen molar-refractivity contribution in [3.63, 3.8) is 0 Å². The van der Waals surface area contributed by atoms with Gasteiger partial charge in [-0.3, -0.25) is 9.05 Å². The molecule has 0 aromatic heterocycles. The van der Waals surface area contributed by atoms with Gasteiger partial charge in [0, 0.05) is 16.5 Å². The van der Waals surface area contributed by atoms with Crippen LogP contribution < -0.4 is 0 Å². The minimum Gasteiger partial charge on any atom is -0.302 e. The molecule has 2 aromatic carbocycles. The van der Waals surface area contributed by atoms with Crippen molar-refractivity contribution in [3.05, 3.63) is 71.8 Å². The Morgan fingerprint density at radius 2 is 1.15 bits per heavy atom. The monoisotopic (exact) mass is 336 g/mol. The second-order valence-electron chi connectivity index (χ2n) is 3.99. The Bertz CT molecular complexity index is 500. The van der Waals surface area contributed by atoms with E-state index in [1.807, 2.05) is 60.7 Å². The smallest absolute Gasteiger partial charge is 0.302 e. The van der Waals surface area contributed by atoms with Gasteiger partial charge in [-0.2, -0.15) is 0 Å². The van der Waals surface area contributed by atoms with E-state index < -0.39 is 7.82 Å². The fraction of sp³-hybridized carbons (Fsp3) is 0.143. The topological polar surface area (TPSA) is 55.8 Å². The summed E-state index contributed by atoms with van der Waals surface area (Å²) >= 11 is 0. The maximum absolute atomic E-state index is 11.7. The summed E-state index contributed by atoms with van der Waals surface area (Å²) in [6, 6.07) is 18.4. The van der Waals surface area contributed by atoms with Crippen LogP contribution in [0.5, 0.6) is 0 Å². The summed E-state index contributed by atoms with van der Waals surface area (Å²) in [4.78, 5) is 9.55. The van der Waals surface area contributed by atoms with Crippen LogP contribution in [0.25, 0.3) is 0 Å². The molecule has 0 fully saturated rings. The average Bonchev–Trinajstić information content (AvgIpc) is 2.46. The molecule has 2 rings (SSSR count). The fourth-order valence-corrected chi connectivity index (χ4v) is 2.20.